The maximum absolute atomic E-state index is 10.9. The number of aldehydes is 1. The first kappa shape index (κ1) is 11.4. The van der Waals surface area contributed by atoms with Gasteiger partial charge in [0, 0.05) is 10.4 Å². The van der Waals surface area contributed by atoms with Crippen molar-refractivity contribution in [2.45, 2.75) is 13.8 Å². The van der Waals surface area contributed by atoms with E-state index in [0.29, 0.717) is 10.6 Å². The fourth-order valence-electron chi connectivity index (χ4n) is 1.72. The Bertz CT molecular complexity index is 593. The van der Waals surface area contributed by atoms with Crippen LogP contribution < -0.4 is 0 Å². The highest BCUT2D eigenvalue weighted by molar-refractivity contribution is 6.33. The average Bonchev–Trinajstić information content (AvgIpc) is 2.25. The van der Waals surface area contributed by atoms with Gasteiger partial charge in [0.2, 0.25) is 0 Å². The van der Waals surface area contributed by atoms with E-state index in [1.54, 1.807) is 6.07 Å². The van der Waals surface area contributed by atoms with Crippen LogP contribution in [0.1, 0.15) is 21.5 Å². The number of rotatable bonds is 1. The summed E-state index contributed by atoms with van der Waals surface area (Å²) in [4.78, 5) is 15.1. The molecule has 0 unspecified atom stereocenters. The predicted octanol–water partition coefficient (Wildman–Crippen LogP) is 3.97. The van der Waals surface area contributed by atoms with Gasteiger partial charge >= 0.3 is 0 Å². The number of aryl methyl sites for hydroxylation is 2. The standard InChI is InChI=1S/C12H9Cl2NO/c1-6-8-3-4-10(13)7(2)11(8)15-12(14)9(6)5-16/h3-5H,1-2H3. The van der Waals surface area contributed by atoms with Gasteiger partial charge in [0.05, 0.1) is 11.1 Å². The van der Waals surface area contributed by atoms with E-state index in [9.17, 15) is 4.79 Å². The molecular weight excluding hydrogens is 245 g/mol. The minimum Gasteiger partial charge on any atom is -0.298 e. The van der Waals surface area contributed by atoms with Crippen LogP contribution >= 0.6 is 23.2 Å². The summed E-state index contributed by atoms with van der Waals surface area (Å²) in [6.45, 7) is 3.74. The maximum Gasteiger partial charge on any atom is 0.153 e. The van der Waals surface area contributed by atoms with Crippen molar-refractivity contribution in [3.8, 4) is 0 Å². The number of benzene rings is 1. The van der Waals surface area contributed by atoms with Gasteiger partial charge in [-0.15, -0.1) is 0 Å². The van der Waals surface area contributed by atoms with Crippen molar-refractivity contribution in [3.63, 3.8) is 0 Å². The SMILES string of the molecule is Cc1c(C=O)c(Cl)nc2c(C)c(Cl)ccc12. The summed E-state index contributed by atoms with van der Waals surface area (Å²) < 4.78 is 0. The topological polar surface area (TPSA) is 30.0 Å². The van der Waals surface area contributed by atoms with Crippen molar-refractivity contribution < 1.29 is 4.79 Å². The third-order valence-corrected chi connectivity index (χ3v) is 3.42. The van der Waals surface area contributed by atoms with E-state index in [1.165, 1.54) is 0 Å². The van der Waals surface area contributed by atoms with Crippen LogP contribution in [-0.4, -0.2) is 11.3 Å². The molecule has 0 spiro atoms. The average molecular weight is 254 g/mol. The lowest BCUT2D eigenvalue weighted by molar-refractivity contribution is 0.112. The van der Waals surface area contributed by atoms with Crippen LogP contribution in [0.5, 0.6) is 0 Å². The van der Waals surface area contributed by atoms with Gasteiger partial charge in [0.15, 0.2) is 6.29 Å². The number of pyridine rings is 1. The van der Waals surface area contributed by atoms with E-state index >= 15 is 0 Å². The van der Waals surface area contributed by atoms with Crippen LogP contribution in [0.4, 0.5) is 0 Å². The number of carbonyl (C=O) groups is 1. The summed E-state index contributed by atoms with van der Waals surface area (Å²) in [5.41, 5.74) is 2.91. The first-order valence-corrected chi connectivity index (χ1v) is 5.52. The number of hydrogen-bond donors (Lipinski definition) is 0. The van der Waals surface area contributed by atoms with Gasteiger partial charge in [-0.2, -0.15) is 0 Å². The highest BCUT2D eigenvalue weighted by Gasteiger charge is 2.12. The molecule has 0 saturated heterocycles. The van der Waals surface area contributed by atoms with Gasteiger partial charge in [-0.25, -0.2) is 4.98 Å². The molecule has 16 heavy (non-hydrogen) atoms. The van der Waals surface area contributed by atoms with Crippen molar-refractivity contribution in [2.24, 2.45) is 0 Å². The first-order chi connectivity index (χ1) is 7.56. The van der Waals surface area contributed by atoms with Gasteiger partial charge in [-0.1, -0.05) is 29.3 Å². The molecule has 2 nitrogen and oxygen atoms in total. The number of fused-ring (bicyclic) bond motifs is 1. The smallest absolute Gasteiger partial charge is 0.153 e. The van der Waals surface area contributed by atoms with Gasteiger partial charge in [0.1, 0.15) is 5.15 Å². The highest BCUT2D eigenvalue weighted by Crippen LogP contribution is 2.29. The Balaban J connectivity index is 2.98. The lowest BCUT2D eigenvalue weighted by atomic mass is 10.0. The van der Waals surface area contributed by atoms with Crippen LogP contribution in [0.3, 0.4) is 0 Å². The molecule has 0 saturated carbocycles. The van der Waals surface area contributed by atoms with Crippen LogP contribution in [0.2, 0.25) is 10.2 Å². The Morgan fingerprint density at radius 3 is 2.50 bits per heavy atom. The molecule has 4 heteroatoms. The highest BCUT2D eigenvalue weighted by atomic mass is 35.5. The zero-order chi connectivity index (χ0) is 11.9. The molecule has 0 aliphatic rings. The molecule has 0 bridgehead atoms. The van der Waals surface area contributed by atoms with E-state index in [-0.39, 0.29) is 5.15 Å². The monoisotopic (exact) mass is 253 g/mol. The quantitative estimate of drug-likeness (QED) is 0.569. The van der Waals surface area contributed by atoms with Crippen molar-refractivity contribution in [2.75, 3.05) is 0 Å². The summed E-state index contributed by atoms with van der Waals surface area (Å²) in [6, 6.07) is 3.66. The van der Waals surface area contributed by atoms with E-state index < -0.39 is 0 Å². The van der Waals surface area contributed by atoms with Crippen molar-refractivity contribution in [1.29, 1.82) is 0 Å². The normalized spacial score (nSPS) is 10.8. The summed E-state index contributed by atoms with van der Waals surface area (Å²) in [6.07, 6.45) is 0.730. The zero-order valence-corrected chi connectivity index (χ0v) is 10.4. The molecule has 0 aliphatic carbocycles. The molecule has 0 radical (unpaired) electrons. The number of halogens is 2. The Kier molecular flexibility index (Phi) is 2.87. The van der Waals surface area contributed by atoms with Crippen molar-refractivity contribution >= 4 is 40.4 Å². The summed E-state index contributed by atoms with van der Waals surface area (Å²) in [5.74, 6) is 0. The summed E-state index contributed by atoms with van der Waals surface area (Å²) in [5, 5.41) is 1.79. The molecule has 82 valence electrons. The molecule has 2 rings (SSSR count). The molecule has 2 aromatic rings. The largest absolute Gasteiger partial charge is 0.298 e. The molecule has 0 fully saturated rings. The van der Waals surface area contributed by atoms with E-state index in [1.807, 2.05) is 19.9 Å². The molecule has 0 N–H and O–H groups in total. The first-order valence-electron chi connectivity index (χ1n) is 4.76. The minimum atomic E-state index is 0.227. The Morgan fingerprint density at radius 2 is 1.88 bits per heavy atom. The molecular formula is C12H9Cl2NO. The fraction of sp³-hybridized carbons (Fsp3) is 0.167. The molecule has 0 aliphatic heterocycles. The van der Waals surface area contributed by atoms with Gasteiger partial charge < -0.3 is 0 Å². The lowest BCUT2D eigenvalue weighted by Crippen LogP contribution is -1.95. The third-order valence-electron chi connectivity index (χ3n) is 2.72. The second-order valence-corrected chi connectivity index (χ2v) is 4.39. The number of carbonyl (C=O) groups excluding carboxylic acids is 1. The van der Waals surface area contributed by atoms with Gasteiger partial charge in [-0.3, -0.25) is 4.79 Å². The number of hydrogen-bond acceptors (Lipinski definition) is 2. The maximum atomic E-state index is 10.9. The molecule has 1 aromatic heterocycles. The fourth-order valence-corrected chi connectivity index (χ4v) is 2.14. The molecule has 0 amide bonds. The Hall–Kier alpha value is -1.12. The number of nitrogens with zero attached hydrogens (tertiary/aromatic N) is 1. The van der Waals surface area contributed by atoms with Crippen molar-refractivity contribution in [1.82, 2.24) is 4.98 Å². The Morgan fingerprint density at radius 1 is 1.19 bits per heavy atom. The van der Waals surface area contributed by atoms with Crippen molar-refractivity contribution in [3.05, 3.63) is 39.0 Å². The third kappa shape index (κ3) is 1.58. The van der Waals surface area contributed by atoms with Crippen LogP contribution in [0.15, 0.2) is 12.1 Å². The van der Waals surface area contributed by atoms with E-state index in [0.717, 1.165) is 28.3 Å². The Labute approximate surface area is 103 Å². The van der Waals surface area contributed by atoms with Crippen LogP contribution in [-0.2, 0) is 0 Å². The number of aromatic nitrogens is 1. The van der Waals surface area contributed by atoms with E-state index in [4.69, 9.17) is 23.2 Å². The summed E-state index contributed by atoms with van der Waals surface area (Å²) >= 11 is 12.0. The van der Waals surface area contributed by atoms with E-state index in [2.05, 4.69) is 4.98 Å². The molecule has 1 aromatic carbocycles. The van der Waals surface area contributed by atoms with Crippen LogP contribution in [0, 0.1) is 13.8 Å². The zero-order valence-electron chi connectivity index (χ0n) is 8.84. The minimum absolute atomic E-state index is 0.227. The molecule has 1 heterocycles. The second kappa shape index (κ2) is 4.04. The summed E-state index contributed by atoms with van der Waals surface area (Å²) in [7, 11) is 0. The van der Waals surface area contributed by atoms with Crippen LogP contribution in [0.25, 0.3) is 10.9 Å². The predicted molar refractivity (Wildman–Crippen MR) is 66.6 cm³/mol. The van der Waals surface area contributed by atoms with Gasteiger partial charge in [-0.05, 0) is 31.0 Å². The second-order valence-electron chi connectivity index (χ2n) is 3.63. The lowest BCUT2D eigenvalue weighted by Gasteiger charge is -2.09. The van der Waals surface area contributed by atoms with Gasteiger partial charge in [0.25, 0.3) is 0 Å². The molecule has 0 atom stereocenters.